The van der Waals surface area contributed by atoms with Crippen molar-refractivity contribution in [1.82, 2.24) is 5.32 Å². The molecule has 1 atom stereocenters. The average Bonchev–Trinajstić information content (AvgIpc) is 2.35. The van der Waals surface area contributed by atoms with Crippen LogP contribution in [0.4, 0.5) is 8.78 Å². The van der Waals surface area contributed by atoms with Gasteiger partial charge in [-0.05, 0) is 20.0 Å². The zero-order valence-electron chi connectivity index (χ0n) is 5.45. The normalized spacial score (nSPS) is 30.3. The fraction of sp³-hybridized carbons (Fsp3) is 1.00. The van der Waals surface area contributed by atoms with Gasteiger partial charge in [-0.1, -0.05) is 0 Å². The summed E-state index contributed by atoms with van der Waals surface area (Å²) in [4.78, 5) is 0. The number of halogens is 2. The van der Waals surface area contributed by atoms with Gasteiger partial charge in [-0.2, -0.15) is 0 Å². The predicted molar refractivity (Wildman–Crippen MR) is 31.6 cm³/mol. The van der Waals surface area contributed by atoms with Crippen molar-refractivity contribution in [1.29, 1.82) is 0 Å². The second kappa shape index (κ2) is 2.21. The van der Waals surface area contributed by atoms with E-state index in [2.05, 4.69) is 5.32 Å². The molecule has 0 aromatic rings. The van der Waals surface area contributed by atoms with Crippen LogP contribution in [0.1, 0.15) is 12.8 Å². The van der Waals surface area contributed by atoms with Crippen molar-refractivity contribution in [2.45, 2.75) is 18.8 Å². The third-order valence-electron chi connectivity index (χ3n) is 1.70. The molecule has 0 bridgehead atoms. The zero-order chi connectivity index (χ0) is 6.91. The van der Waals surface area contributed by atoms with Crippen molar-refractivity contribution in [3.8, 4) is 0 Å². The van der Waals surface area contributed by atoms with E-state index in [-0.39, 0.29) is 12.3 Å². The zero-order valence-corrected chi connectivity index (χ0v) is 5.45. The molecule has 1 rings (SSSR count). The maximum atomic E-state index is 12.1. The van der Waals surface area contributed by atoms with E-state index in [9.17, 15) is 8.78 Å². The van der Waals surface area contributed by atoms with E-state index in [0.717, 1.165) is 0 Å². The summed E-state index contributed by atoms with van der Waals surface area (Å²) in [6.07, 6.45) is 0.720. The van der Waals surface area contributed by atoms with Crippen molar-refractivity contribution in [2.24, 2.45) is 5.92 Å². The van der Waals surface area contributed by atoms with Crippen LogP contribution in [-0.4, -0.2) is 19.5 Å². The van der Waals surface area contributed by atoms with E-state index in [4.69, 9.17) is 0 Å². The van der Waals surface area contributed by atoms with Gasteiger partial charge in [-0.15, -0.1) is 0 Å². The first-order valence-corrected chi connectivity index (χ1v) is 3.19. The van der Waals surface area contributed by atoms with E-state index in [1.807, 2.05) is 0 Å². The summed E-state index contributed by atoms with van der Waals surface area (Å²) in [6.45, 7) is 0.709. The standard InChI is InChI=1S/C6H11F2N/c1-9-3-2-5-4-6(5,7)8/h5,9H,2-4H2,1H3/t5-/m1/s1. The quantitative estimate of drug-likeness (QED) is 0.614. The monoisotopic (exact) mass is 135 g/mol. The predicted octanol–water partition coefficient (Wildman–Crippen LogP) is 1.25. The lowest BCUT2D eigenvalue weighted by molar-refractivity contribution is 0.0972. The molecule has 0 heterocycles. The van der Waals surface area contributed by atoms with E-state index in [1.54, 1.807) is 7.05 Å². The number of nitrogens with one attached hydrogen (secondary N) is 1. The minimum Gasteiger partial charge on any atom is -0.320 e. The smallest absolute Gasteiger partial charge is 0.251 e. The first kappa shape index (κ1) is 6.93. The van der Waals surface area contributed by atoms with Gasteiger partial charge in [0.2, 0.25) is 0 Å². The number of rotatable bonds is 3. The molecule has 0 aromatic carbocycles. The van der Waals surface area contributed by atoms with Gasteiger partial charge in [-0.25, -0.2) is 8.78 Å². The number of hydrogen-bond acceptors (Lipinski definition) is 1. The Kier molecular flexibility index (Phi) is 1.70. The Bertz CT molecular complexity index is 103. The molecule has 0 radical (unpaired) electrons. The van der Waals surface area contributed by atoms with Crippen LogP contribution in [0.25, 0.3) is 0 Å². The van der Waals surface area contributed by atoms with Gasteiger partial charge in [0.1, 0.15) is 0 Å². The van der Waals surface area contributed by atoms with E-state index in [0.29, 0.717) is 13.0 Å². The van der Waals surface area contributed by atoms with Crippen molar-refractivity contribution >= 4 is 0 Å². The molecule has 3 heteroatoms. The van der Waals surface area contributed by atoms with Gasteiger partial charge in [0.25, 0.3) is 5.92 Å². The van der Waals surface area contributed by atoms with Gasteiger partial charge in [0.05, 0.1) is 0 Å². The second-order valence-corrected chi connectivity index (χ2v) is 2.55. The van der Waals surface area contributed by atoms with Crippen molar-refractivity contribution in [3.63, 3.8) is 0 Å². The Morgan fingerprint density at radius 1 is 1.67 bits per heavy atom. The van der Waals surface area contributed by atoms with Crippen LogP contribution in [0.5, 0.6) is 0 Å². The molecule has 1 nitrogen and oxygen atoms in total. The molecule has 9 heavy (non-hydrogen) atoms. The van der Waals surface area contributed by atoms with Crippen LogP contribution in [0.15, 0.2) is 0 Å². The van der Waals surface area contributed by atoms with Crippen LogP contribution >= 0.6 is 0 Å². The molecule has 1 aliphatic rings. The molecule has 0 aromatic heterocycles. The van der Waals surface area contributed by atoms with Crippen LogP contribution in [0.3, 0.4) is 0 Å². The molecule has 0 amide bonds. The summed E-state index contributed by atoms with van der Waals surface area (Å²) >= 11 is 0. The topological polar surface area (TPSA) is 12.0 Å². The first-order chi connectivity index (χ1) is 4.17. The largest absolute Gasteiger partial charge is 0.320 e. The Balaban J connectivity index is 2.06. The second-order valence-electron chi connectivity index (χ2n) is 2.55. The molecule has 0 spiro atoms. The highest BCUT2D eigenvalue weighted by atomic mass is 19.3. The Labute approximate surface area is 53.4 Å². The van der Waals surface area contributed by atoms with Crippen molar-refractivity contribution < 1.29 is 8.78 Å². The maximum absolute atomic E-state index is 12.1. The molecular weight excluding hydrogens is 124 g/mol. The SMILES string of the molecule is CNCC[C@@H]1CC1(F)F. The summed E-state index contributed by atoms with van der Waals surface area (Å²) in [5.74, 6) is -2.65. The molecular formula is C6H11F2N. The summed E-state index contributed by atoms with van der Waals surface area (Å²) in [5, 5.41) is 2.84. The van der Waals surface area contributed by atoms with Crippen LogP contribution < -0.4 is 5.32 Å². The van der Waals surface area contributed by atoms with Gasteiger partial charge in [0.15, 0.2) is 0 Å². The van der Waals surface area contributed by atoms with E-state index < -0.39 is 5.92 Å². The van der Waals surface area contributed by atoms with Gasteiger partial charge in [0, 0.05) is 12.3 Å². The third-order valence-corrected chi connectivity index (χ3v) is 1.70. The lowest BCUT2D eigenvalue weighted by Gasteiger charge is -1.95. The molecule has 1 aliphatic carbocycles. The Morgan fingerprint density at radius 3 is 2.56 bits per heavy atom. The lowest BCUT2D eigenvalue weighted by Crippen LogP contribution is -2.09. The third kappa shape index (κ3) is 1.61. The highest BCUT2D eigenvalue weighted by Gasteiger charge is 2.55. The summed E-state index contributed by atoms with van der Waals surface area (Å²) in [6, 6.07) is 0. The lowest BCUT2D eigenvalue weighted by atomic mass is 10.3. The molecule has 54 valence electrons. The average molecular weight is 135 g/mol. The van der Waals surface area contributed by atoms with Crippen LogP contribution in [0, 0.1) is 5.92 Å². The molecule has 1 saturated carbocycles. The molecule has 0 saturated heterocycles. The van der Waals surface area contributed by atoms with Gasteiger partial charge in [-0.3, -0.25) is 0 Å². The molecule has 1 fully saturated rings. The van der Waals surface area contributed by atoms with E-state index in [1.165, 1.54) is 0 Å². The fourth-order valence-corrected chi connectivity index (χ4v) is 0.901. The highest BCUT2D eigenvalue weighted by Crippen LogP contribution is 2.50. The Hall–Kier alpha value is -0.180. The van der Waals surface area contributed by atoms with Gasteiger partial charge >= 0.3 is 0 Å². The van der Waals surface area contributed by atoms with E-state index >= 15 is 0 Å². The molecule has 1 N–H and O–H groups in total. The first-order valence-electron chi connectivity index (χ1n) is 3.19. The fourth-order valence-electron chi connectivity index (χ4n) is 0.901. The highest BCUT2D eigenvalue weighted by molar-refractivity contribution is 4.94. The minimum atomic E-state index is -2.32. The summed E-state index contributed by atoms with van der Waals surface area (Å²) < 4.78 is 24.2. The van der Waals surface area contributed by atoms with Crippen LogP contribution in [0.2, 0.25) is 0 Å². The minimum absolute atomic E-state index is 0.106. The van der Waals surface area contributed by atoms with Crippen LogP contribution in [-0.2, 0) is 0 Å². The molecule has 0 unspecified atom stereocenters. The van der Waals surface area contributed by atoms with Gasteiger partial charge < -0.3 is 5.32 Å². The summed E-state index contributed by atoms with van der Waals surface area (Å²) in [5.41, 5.74) is 0. The number of alkyl halides is 2. The van der Waals surface area contributed by atoms with Crippen molar-refractivity contribution in [3.05, 3.63) is 0 Å². The maximum Gasteiger partial charge on any atom is 0.251 e. The summed E-state index contributed by atoms with van der Waals surface area (Å²) in [7, 11) is 1.78. The van der Waals surface area contributed by atoms with Crippen molar-refractivity contribution in [2.75, 3.05) is 13.6 Å². The Morgan fingerprint density at radius 2 is 2.22 bits per heavy atom. The number of hydrogen-bond donors (Lipinski definition) is 1. The molecule has 0 aliphatic heterocycles.